The van der Waals surface area contributed by atoms with Crippen LogP contribution in [0.25, 0.3) is 0 Å². The summed E-state index contributed by atoms with van der Waals surface area (Å²) in [6.07, 6.45) is 4.17. The molecule has 1 aliphatic rings. The molecule has 1 amide bonds. The molecule has 0 bridgehead atoms. The fourth-order valence-corrected chi connectivity index (χ4v) is 2.21. The lowest BCUT2D eigenvalue weighted by Crippen LogP contribution is -2.38. The van der Waals surface area contributed by atoms with Gasteiger partial charge >= 0.3 is 5.97 Å². The normalized spacial score (nSPS) is 17.1. The predicted octanol–water partition coefficient (Wildman–Crippen LogP) is 0.829. The van der Waals surface area contributed by atoms with Gasteiger partial charge < -0.3 is 15.7 Å². The zero-order chi connectivity index (χ0) is 12.7. The number of carboxylic acids is 1. The first-order valence-corrected chi connectivity index (χ1v) is 6.33. The molecule has 0 unspecified atom stereocenters. The largest absolute Gasteiger partial charge is 0.481 e. The van der Waals surface area contributed by atoms with Crippen LogP contribution in [0, 0.1) is 5.92 Å². The zero-order valence-corrected chi connectivity index (χ0v) is 10.2. The van der Waals surface area contributed by atoms with E-state index in [9.17, 15) is 9.59 Å². The number of piperidine rings is 1. The number of amides is 1. The minimum atomic E-state index is -0.738. The van der Waals surface area contributed by atoms with Crippen molar-refractivity contribution in [2.45, 2.75) is 38.5 Å². The van der Waals surface area contributed by atoms with E-state index in [0.717, 1.165) is 25.7 Å². The summed E-state index contributed by atoms with van der Waals surface area (Å²) < 4.78 is 0. The average molecular weight is 242 g/mol. The van der Waals surface area contributed by atoms with E-state index >= 15 is 0 Å². The first kappa shape index (κ1) is 14.0. The van der Waals surface area contributed by atoms with Crippen LogP contribution >= 0.6 is 0 Å². The van der Waals surface area contributed by atoms with Crippen LogP contribution in [-0.4, -0.2) is 41.5 Å². The van der Waals surface area contributed by atoms with E-state index in [1.54, 1.807) is 0 Å². The van der Waals surface area contributed by atoms with Crippen molar-refractivity contribution in [3.05, 3.63) is 0 Å². The zero-order valence-electron chi connectivity index (χ0n) is 10.2. The number of rotatable bonds is 6. The molecule has 1 saturated heterocycles. The Morgan fingerprint density at radius 1 is 1.24 bits per heavy atom. The molecule has 0 radical (unpaired) electrons. The molecule has 1 heterocycles. The Hall–Kier alpha value is -1.10. The number of hydrogen-bond acceptors (Lipinski definition) is 3. The Labute approximate surface area is 102 Å². The smallest absolute Gasteiger partial charge is 0.303 e. The Morgan fingerprint density at radius 3 is 2.41 bits per heavy atom. The van der Waals surface area contributed by atoms with Crippen molar-refractivity contribution in [3.63, 3.8) is 0 Å². The van der Waals surface area contributed by atoms with E-state index in [-0.39, 0.29) is 18.2 Å². The van der Waals surface area contributed by atoms with Crippen molar-refractivity contribution in [3.8, 4) is 0 Å². The van der Waals surface area contributed by atoms with Crippen LogP contribution in [0.2, 0.25) is 0 Å². The van der Waals surface area contributed by atoms with E-state index in [2.05, 4.69) is 0 Å². The van der Waals surface area contributed by atoms with Crippen molar-refractivity contribution in [2.75, 3.05) is 19.6 Å². The van der Waals surface area contributed by atoms with Gasteiger partial charge in [-0.1, -0.05) is 0 Å². The highest BCUT2D eigenvalue weighted by Crippen LogP contribution is 2.21. The molecule has 98 valence electrons. The van der Waals surface area contributed by atoms with Crippen LogP contribution in [0.15, 0.2) is 0 Å². The molecule has 1 fully saturated rings. The molecule has 0 saturated carbocycles. The van der Waals surface area contributed by atoms with Crippen molar-refractivity contribution >= 4 is 11.9 Å². The Morgan fingerprint density at radius 2 is 1.88 bits per heavy atom. The minimum absolute atomic E-state index is 0.187. The molecule has 3 N–H and O–H groups in total. The minimum Gasteiger partial charge on any atom is -0.481 e. The molecule has 0 aromatic heterocycles. The van der Waals surface area contributed by atoms with Gasteiger partial charge in [-0.15, -0.1) is 0 Å². The number of aliphatic carboxylic acids is 1. The molecule has 1 rings (SSSR count). The van der Waals surface area contributed by atoms with Gasteiger partial charge in [0.25, 0.3) is 0 Å². The summed E-state index contributed by atoms with van der Waals surface area (Å²) in [4.78, 5) is 24.2. The fraction of sp³-hybridized carbons (Fsp3) is 0.833. The van der Waals surface area contributed by atoms with Crippen LogP contribution in [0.3, 0.4) is 0 Å². The topological polar surface area (TPSA) is 83.6 Å². The molecule has 0 aliphatic carbocycles. The Bertz CT molecular complexity index is 260. The highest BCUT2D eigenvalue weighted by atomic mass is 16.4. The van der Waals surface area contributed by atoms with Gasteiger partial charge in [-0.25, -0.2) is 0 Å². The highest BCUT2D eigenvalue weighted by molar-refractivity contribution is 5.76. The van der Waals surface area contributed by atoms with Crippen LogP contribution in [0.4, 0.5) is 0 Å². The van der Waals surface area contributed by atoms with E-state index < -0.39 is 5.97 Å². The number of nitrogens with two attached hydrogens (primary N) is 1. The van der Waals surface area contributed by atoms with Gasteiger partial charge in [0.1, 0.15) is 0 Å². The van der Waals surface area contributed by atoms with Gasteiger partial charge in [-0.05, 0) is 38.1 Å². The fourth-order valence-electron chi connectivity index (χ4n) is 2.21. The van der Waals surface area contributed by atoms with Crippen LogP contribution in [-0.2, 0) is 9.59 Å². The molecule has 0 aromatic rings. The molecule has 5 heteroatoms. The molecule has 0 aromatic carbocycles. The number of unbranched alkanes of at least 4 members (excludes halogenated alkanes) is 1. The lowest BCUT2D eigenvalue weighted by atomic mass is 9.93. The van der Waals surface area contributed by atoms with E-state index in [1.165, 1.54) is 0 Å². The van der Waals surface area contributed by atoms with Gasteiger partial charge in [-0.3, -0.25) is 9.59 Å². The second-order valence-electron chi connectivity index (χ2n) is 4.67. The number of carboxylic acid groups (broad SMARTS) is 1. The second kappa shape index (κ2) is 7.27. The van der Waals surface area contributed by atoms with Gasteiger partial charge in [0.15, 0.2) is 0 Å². The predicted molar refractivity (Wildman–Crippen MR) is 64.5 cm³/mol. The quantitative estimate of drug-likeness (QED) is 0.676. The molecule has 0 atom stereocenters. The summed E-state index contributed by atoms with van der Waals surface area (Å²) in [6.45, 7) is 2.05. The third kappa shape index (κ3) is 5.17. The van der Waals surface area contributed by atoms with Crippen LogP contribution in [0.5, 0.6) is 0 Å². The maximum atomic E-state index is 11.8. The number of carbonyl (C=O) groups excluding carboxylic acids is 1. The molecule has 0 spiro atoms. The van der Waals surface area contributed by atoms with Crippen molar-refractivity contribution in [1.29, 1.82) is 0 Å². The summed E-state index contributed by atoms with van der Waals surface area (Å²) in [5, 5.41) is 8.69. The number of carbonyl (C=O) groups is 2. The SMILES string of the molecule is NCCCCC(=O)N1CCC(CC(=O)O)CC1. The Kier molecular flexibility index (Phi) is 5.97. The third-order valence-electron chi connectivity index (χ3n) is 3.28. The molecule has 17 heavy (non-hydrogen) atoms. The van der Waals surface area contributed by atoms with Crippen molar-refractivity contribution < 1.29 is 14.7 Å². The first-order valence-electron chi connectivity index (χ1n) is 6.33. The molecular weight excluding hydrogens is 220 g/mol. The van der Waals surface area contributed by atoms with Gasteiger partial charge in [-0.2, -0.15) is 0 Å². The average Bonchev–Trinajstić information content (AvgIpc) is 2.29. The summed E-state index contributed by atoms with van der Waals surface area (Å²) >= 11 is 0. The molecule has 1 aliphatic heterocycles. The van der Waals surface area contributed by atoms with E-state index in [0.29, 0.717) is 26.1 Å². The van der Waals surface area contributed by atoms with Gasteiger partial charge in [0.05, 0.1) is 0 Å². The van der Waals surface area contributed by atoms with E-state index in [1.807, 2.05) is 4.90 Å². The third-order valence-corrected chi connectivity index (χ3v) is 3.28. The summed E-state index contributed by atoms with van der Waals surface area (Å²) in [7, 11) is 0. The lowest BCUT2D eigenvalue weighted by molar-refractivity contribution is -0.138. The highest BCUT2D eigenvalue weighted by Gasteiger charge is 2.23. The summed E-state index contributed by atoms with van der Waals surface area (Å²) in [5.41, 5.74) is 5.38. The number of hydrogen-bond donors (Lipinski definition) is 2. The summed E-state index contributed by atoms with van der Waals surface area (Å²) in [5.74, 6) is -0.314. The van der Waals surface area contributed by atoms with Gasteiger partial charge in [0, 0.05) is 25.9 Å². The standard InChI is InChI=1S/C12H22N2O3/c13-6-2-1-3-11(15)14-7-4-10(5-8-14)9-12(16)17/h10H,1-9,13H2,(H,16,17). The van der Waals surface area contributed by atoms with Crippen LogP contribution in [0.1, 0.15) is 38.5 Å². The Balaban J connectivity index is 2.21. The summed E-state index contributed by atoms with van der Waals surface area (Å²) in [6, 6.07) is 0. The maximum absolute atomic E-state index is 11.8. The number of nitrogens with zero attached hydrogens (tertiary/aromatic N) is 1. The van der Waals surface area contributed by atoms with Gasteiger partial charge in [0.2, 0.25) is 5.91 Å². The van der Waals surface area contributed by atoms with Crippen molar-refractivity contribution in [1.82, 2.24) is 4.90 Å². The number of likely N-dealkylation sites (tertiary alicyclic amines) is 1. The van der Waals surface area contributed by atoms with E-state index in [4.69, 9.17) is 10.8 Å². The van der Waals surface area contributed by atoms with Crippen molar-refractivity contribution in [2.24, 2.45) is 11.7 Å². The monoisotopic (exact) mass is 242 g/mol. The lowest BCUT2D eigenvalue weighted by Gasteiger charge is -2.31. The molecular formula is C12H22N2O3. The second-order valence-corrected chi connectivity index (χ2v) is 4.67. The first-order chi connectivity index (χ1) is 8.13. The molecule has 5 nitrogen and oxygen atoms in total. The van der Waals surface area contributed by atoms with Crippen LogP contribution < -0.4 is 5.73 Å². The maximum Gasteiger partial charge on any atom is 0.303 e.